The van der Waals surface area contributed by atoms with Crippen LogP contribution in [0.3, 0.4) is 0 Å². The number of carbonyl (C=O) groups excluding carboxylic acids is 1. The van der Waals surface area contributed by atoms with Gasteiger partial charge in [-0.1, -0.05) is 22.0 Å². The Balaban J connectivity index is 1.84. The Morgan fingerprint density at radius 2 is 2.14 bits per heavy atom. The largest absolute Gasteiger partial charge is 0.480 e. The third kappa shape index (κ3) is 2.76. The topological polar surface area (TPSA) is 75.4 Å². The van der Waals surface area contributed by atoms with Crippen LogP contribution in [0, 0.1) is 0 Å². The van der Waals surface area contributed by atoms with Crippen LogP contribution in [-0.4, -0.2) is 44.3 Å². The number of carbonyl (C=O) groups is 2. The van der Waals surface area contributed by atoms with Gasteiger partial charge in [-0.25, -0.2) is 9.48 Å². The van der Waals surface area contributed by atoms with E-state index in [2.05, 4.69) is 21.0 Å². The minimum absolute atomic E-state index is 0.258. The van der Waals surface area contributed by atoms with Gasteiger partial charge < -0.3 is 10.0 Å². The van der Waals surface area contributed by atoms with Gasteiger partial charge in [0.25, 0.3) is 5.91 Å². The second kappa shape index (κ2) is 5.92. The van der Waals surface area contributed by atoms with Crippen LogP contribution in [0.5, 0.6) is 0 Å². The predicted octanol–water partition coefficient (Wildman–Crippen LogP) is 2.32. The van der Waals surface area contributed by atoms with Crippen LogP contribution < -0.4 is 0 Å². The fourth-order valence-corrected chi connectivity index (χ4v) is 3.00. The molecule has 114 valence electrons. The molecule has 2 heterocycles. The maximum absolute atomic E-state index is 12.5. The molecule has 3 rings (SSSR count). The van der Waals surface area contributed by atoms with E-state index in [-0.39, 0.29) is 11.6 Å². The van der Waals surface area contributed by atoms with Crippen molar-refractivity contribution in [3.8, 4) is 5.69 Å². The smallest absolute Gasteiger partial charge is 0.326 e. The van der Waals surface area contributed by atoms with Gasteiger partial charge in [-0.15, -0.1) is 0 Å². The molecule has 1 aromatic heterocycles. The number of benzene rings is 1. The molecule has 0 saturated carbocycles. The van der Waals surface area contributed by atoms with Gasteiger partial charge in [0, 0.05) is 17.2 Å². The Kier molecular flexibility index (Phi) is 3.98. The number of hydrogen-bond donors (Lipinski definition) is 1. The number of rotatable bonds is 3. The Hall–Kier alpha value is -2.15. The molecule has 0 radical (unpaired) electrons. The first-order valence-corrected chi connectivity index (χ1v) is 7.71. The number of carboxylic acids is 1. The van der Waals surface area contributed by atoms with Crippen molar-refractivity contribution in [2.24, 2.45) is 0 Å². The quantitative estimate of drug-likeness (QED) is 0.907. The van der Waals surface area contributed by atoms with Crippen LogP contribution in [0.15, 0.2) is 41.0 Å². The number of halogens is 1. The van der Waals surface area contributed by atoms with Crippen LogP contribution in [-0.2, 0) is 4.79 Å². The highest BCUT2D eigenvalue weighted by molar-refractivity contribution is 9.10. The van der Waals surface area contributed by atoms with Crippen LogP contribution in [0.2, 0.25) is 0 Å². The van der Waals surface area contributed by atoms with Gasteiger partial charge in [-0.3, -0.25) is 4.79 Å². The van der Waals surface area contributed by atoms with Crippen molar-refractivity contribution in [1.29, 1.82) is 0 Å². The zero-order chi connectivity index (χ0) is 15.7. The van der Waals surface area contributed by atoms with Crippen LogP contribution in [0.1, 0.15) is 23.3 Å². The number of carboxylic acid groups (broad SMARTS) is 1. The van der Waals surface area contributed by atoms with Gasteiger partial charge in [-0.2, -0.15) is 5.10 Å². The van der Waals surface area contributed by atoms with E-state index in [1.807, 2.05) is 24.3 Å². The Bertz CT molecular complexity index is 728. The third-order valence-corrected chi connectivity index (χ3v) is 4.17. The van der Waals surface area contributed by atoms with E-state index in [0.717, 1.165) is 10.2 Å². The van der Waals surface area contributed by atoms with E-state index in [1.54, 1.807) is 16.9 Å². The molecular weight excluding hydrogens is 350 g/mol. The van der Waals surface area contributed by atoms with E-state index >= 15 is 0 Å². The van der Waals surface area contributed by atoms with E-state index < -0.39 is 12.0 Å². The fraction of sp³-hybridized carbons (Fsp3) is 0.267. The highest BCUT2D eigenvalue weighted by atomic mass is 79.9. The summed E-state index contributed by atoms with van der Waals surface area (Å²) in [6.45, 7) is 0.458. The first kappa shape index (κ1) is 14.8. The molecule has 0 unspecified atom stereocenters. The second-order valence-corrected chi connectivity index (χ2v) is 6.04. The Morgan fingerprint density at radius 1 is 1.32 bits per heavy atom. The monoisotopic (exact) mass is 363 g/mol. The van der Waals surface area contributed by atoms with Gasteiger partial charge in [0.2, 0.25) is 0 Å². The first-order valence-electron chi connectivity index (χ1n) is 6.91. The molecular formula is C15H14BrN3O3. The number of amides is 1. The van der Waals surface area contributed by atoms with Crippen molar-refractivity contribution in [1.82, 2.24) is 14.7 Å². The van der Waals surface area contributed by atoms with Gasteiger partial charge in [-0.05, 0) is 37.1 Å². The lowest BCUT2D eigenvalue weighted by molar-refractivity contribution is -0.141. The lowest BCUT2D eigenvalue weighted by Crippen LogP contribution is -2.40. The zero-order valence-corrected chi connectivity index (χ0v) is 13.2. The summed E-state index contributed by atoms with van der Waals surface area (Å²) in [5.41, 5.74) is 1.08. The molecule has 1 N–H and O–H groups in total. The summed E-state index contributed by atoms with van der Waals surface area (Å²) < 4.78 is 2.52. The molecule has 0 bridgehead atoms. The molecule has 1 fully saturated rings. The molecule has 6 nitrogen and oxygen atoms in total. The first-order chi connectivity index (χ1) is 10.6. The van der Waals surface area contributed by atoms with E-state index in [0.29, 0.717) is 19.4 Å². The minimum Gasteiger partial charge on any atom is -0.480 e. The lowest BCUT2D eigenvalue weighted by Gasteiger charge is -2.20. The van der Waals surface area contributed by atoms with Crippen molar-refractivity contribution in [3.63, 3.8) is 0 Å². The summed E-state index contributed by atoms with van der Waals surface area (Å²) in [5, 5.41) is 13.4. The Labute approximate surface area is 135 Å². The summed E-state index contributed by atoms with van der Waals surface area (Å²) in [6, 6.07) is 8.41. The normalized spacial score (nSPS) is 17.7. The highest BCUT2D eigenvalue weighted by Gasteiger charge is 2.35. The van der Waals surface area contributed by atoms with Crippen molar-refractivity contribution >= 4 is 27.8 Å². The zero-order valence-electron chi connectivity index (χ0n) is 11.6. The summed E-state index contributed by atoms with van der Waals surface area (Å²) in [4.78, 5) is 25.0. The van der Waals surface area contributed by atoms with E-state index in [1.165, 1.54) is 4.90 Å². The molecule has 2 aromatic rings. The van der Waals surface area contributed by atoms with Crippen molar-refractivity contribution in [3.05, 3.63) is 46.7 Å². The van der Waals surface area contributed by atoms with Crippen LogP contribution in [0.25, 0.3) is 5.69 Å². The third-order valence-electron chi connectivity index (χ3n) is 3.68. The van der Waals surface area contributed by atoms with Crippen molar-refractivity contribution in [2.45, 2.75) is 18.9 Å². The van der Waals surface area contributed by atoms with E-state index in [4.69, 9.17) is 5.11 Å². The number of aromatic nitrogens is 2. The van der Waals surface area contributed by atoms with Gasteiger partial charge in [0.05, 0.1) is 5.69 Å². The van der Waals surface area contributed by atoms with E-state index in [9.17, 15) is 9.59 Å². The second-order valence-electron chi connectivity index (χ2n) is 5.12. The predicted molar refractivity (Wildman–Crippen MR) is 83.0 cm³/mol. The molecule has 0 spiro atoms. The maximum atomic E-state index is 12.5. The van der Waals surface area contributed by atoms with Crippen molar-refractivity contribution in [2.75, 3.05) is 6.54 Å². The summed E-state index contributed by atoms with van der Waals surface area (Å²) in [6.07, 6.45) is 2.89. The molecule has 1 saturated heterocycles. The maximum Gasteiger partial charge on any atom is 0.326 e. The van der Waals surface area contributed by atoms with Gasteiger partial charge in [0.1, 0.15) is 6.04 Å². The van der Waals surface area contributed by atoms with Gasteiger partial charge >= 0.3 is 5.97 Å². The molecule has 1 aliphatic heterocycles. The number of likely N-dealkylation sites (tertiary alicyclic amines) is 1. The standard InChI is InChI=1S/C15H14BrN3O3/c16-10-3-1-4-11(9-10)19-8-6-12(17-19)14(20)18-7-2-5-13(18)15(21)22/h1,3-4,6,8-9,13H,2,5,7H2,(H,21,22)/t13-/m0/s1. The van der Waals surface area contributed by atoms with Gasteiger partial charge in [0.15, 0.2) is 5.69 Å². The summed E-state index contributed by atoms with van der Waals surface area (Å²) >= 11 is 3.39. The molecule has 1 aliphatic rings. The SMILES string of the molecule is O=C(O)[C@@H]1CCCN1C(=O)c1ccn(-c2cccc(Br)c2)n1. The molecule has 1 atom stereocenters. The molecule has 7 heteroatoms. The number of hydrogen-bond acceptors (Lipinski definition) is 3. The Morgan fingerprint density at radius 3 is 2.86 bits per heavy atom. The fourth-order valence-electron chi connectivity index (χ4n) is 2.61. The van der Waals surface area contributed by atoms with Crippen LogP contribution >= 0.6 is 15.9 Å². The summed E-state index contributed by atoms with van der Waals surface area (Å²) in [7, 11) is 0. The molecule has 0 aliphatic carbocycles. The molecule has 1 aromatic carbocycles. The summed E-state index contributed by atoms with van der Waals surface area (Å²) in [5.74, 6) is -1.30. The lowest BCUT2D eigenvalue weighted by atomic mass is 10.2. The average molecular weight is 364 g/mol. The van der Waals surface area contributed by atoms with Crippen LogP contribution in [0.4, 0.5) is 0 Å². The molecule has 22 heavy (non-hydrogen) atoms. The highest BCUT2D eigenvalue weighted by Crippen LogP contribution is 2.20. The molecule has 1 amide bonds. The minimum atomic E-state index is -0.961. The number of nitrogens with zero attached hydrogens (tertiary/aromatic N) is 3. The van der Waals surface area contributed by atoms with Crippen molar-refractivity contribution < 1.29 is 14.7 Å². The average Bonchev–Trinajstić information content (AvgIpc) is 3.16. The number of aliphatic carboxylic acids is 1.